The Morgan fingerprint density at radius 2 is 2.18 bits per heavy atom. The van der Waals surface area contributed by atoms with Crippen LogP contribution in [-0.4, -0.2) is 30.7 Å². The van der Waals surface area contributed by atoms with Gasteiger partial charge in [-0.2, -0.15) is 11.8 Å². The van der Waals surface area contributed by atoms with Gasteiger partial charge in [-0.1, -0.05) is 13.0 Å². The number of anilines is 2. The van der Waals surface area contributed by atoms with Gasteiger partial charge in [-0.25, -0.2) is 0 Å². The third-order valence-electron chi connectivity index (χ3n) is 3.46. The van der Waals surface area contributed by atoms with E-state index < -0.39 is 0 Å². The number of nitrogens with two attached hydrogens (primary N) is 1. The van der Waals surface area contributed by atoms with E-state index in [4.69, 9.17) is 10.5 Å². The van der Waals surface area contributed by atoms with Crippen molar-refractivity contribution in [3.05, 3.63) is 18.2 Å². The first-order chi connectivity index (χ1) is 8.15. The van der Waals surface area contributed by atoms with E-state index in [1.165, 1.54) is 0 Å². The Morgan fingerprint density at radius 1 is 1.41 bits per heavy atom. The molecule has 2 unspecified atom stereocenters. The number of benzene rings is 1. The highest BCUT2D eigenvalue weighted by Gasteiger charge is 2.27. The largest absolute Gasteiger partial charge is 0.495 e. The van der Waals surface area contributed by atoms with Gasteiger partial charge in [0, 0.05) is 23.6 Å². The monoisotopic (exact) mass is 252 g/mol. The van der Waals surface area contributed by atoms with Crippen LogP contribution in [0.15, 0.2) is 18.2 Å². The third kappa shape index (κ3) is 2.32. The molecule has 0 radical (unpaired) electrons. The normalized spacial score (nSPS) is 24.8. The van der Waals surface area contributed by atoms with Gasteiger partial charge in [0.1, 0.15) is 5.75 Å². The van der Waals surface area contributed by atoms with Crippen LogP contribution >= 0.6 is 11.8 Å². The number of nitrogen functional groups attached to an aromatic ring is 1. The fourth-order valence-electron chi connectivity index (χ4n) is 2.23. The molecule has 0 aromatic heterocycles. The van der Waals surface area contributed by atoms with Gasteiger partial charge in [-0.3, -0.25) is 0 Å². The van der Waals surface area contributed by atoms with Crippen molar-refractivity contribution in [2.24, 2.45) is 0 Å². The smallest absolute Gasteiger partial charge is 0.143 e. The Morgan fingerprint density at radius 3 is 2.88 bits per heavy atom. The Balaban J connectivity index is 2.33. The lowest BCUT2D eigenvalue weighted by atomic mass is 10.1. The van der Waals surface area contributed by atoms with Crippen LogP contribution in [0.3, 0.4) is 0 Å². The molecule has 0 aliphatic carbocycles. The average Bonchev–Trinajstić information content (AvgIpc) is 2.33. The SMILES string of the molecule is COc1cccc(N2CCSC(C)C2C)c1N. The minimum absolute atomic E-state index is 0.503. The average molecular weight is 252 g/mol. The van der Waals surface area contributed by atoms with E-state index in [0.717, 1.165) is 29.4 Å². The number of methoxy groups -OCH3 is 1. The van der Waals surface area contributed by atoms with Gasteiger partial charge in [0.2, 0.25) is 0 Å². The Kier molecular flexibility index (Phi) is 3.72. The van der Waals surface area contributed by atoms with Crippen molar-refractivity contribution in [3.8, 4) is 5.75 Å². The molecule has 0 amide bonds. The molecule has 0 bridgehead atoms. The molecule has 0 saturated carbocycles. The summed E-state index contributed by atoms with van der Waals surface area (Å²) in [6, 6.07) is 6.50. The van der Waals surface area contributed by atoms with E-state index in [9.17, 15) is 0 Å². The molecule has 1 aromatic rings. The molecule has 2 N–H and O–H groups in total. The number of nitrogens with zero attached hydrogens (tertiary/aromatic N) is 1. The molecule has 4 heteroatoms. The topological polar surface area (TPSA) is 38.5 Å². The molecule has 1 aliphatic rings. The standard InChI is InChI=1S/C13H20N2OS/c1-9-10(2)17-8-7-15(9)11-5-4-6-12(16-3)13(11)14/h4-6,9-10H,7-8,14H2,1-3H3. The minimum atomic E-state index is 0.503. The Labute approximate surface area is 107 Å². The summed E-state index contributed by atoms with van der Waals surface area (Å²) in [4.78, 5) is 2.39. The molecule has 1 aliphatic heterocycles. The highest BCUT2D eigenvalue weighted by molar-refractivity contribution is 8.00. The number of rotatable bonds is 2. The van der Waals surface area contributed by atoms with Crippen molar-refractivity contribution in [2.75, 3.05) is 30.0 Å². The van der Waals surface area contributed by atoms with E-state index in [1.807, 2.05) is 23.9 Å². The summed E-state index contributed by atoms with van der Waals surface area (Å²) in [7, 11) is 1.66. The summed E-state index contributed by atoms with van der Waals surface area (Å²) in [6.07, 6.45) is 0. The van der Waals surface area contributed by atoms with Crippen molar-refractivity contribution in [1.82, 2.24) is 0 Å². The van der Waals surface area contributed by atoms with Gasteiger partial charge in [-0.15, -0.1) is 0 Å². The zero-order chi connectivity index (χ0) is 12.4. The van der Waals surface area contributed by atoms with E-state index in [-0.39, 0.29) is 0 Å². The number of para-hydroxylation sites is 1. The van der Waals surface area contributed by atoms with Crippen LogP contribution in [0.4, 0.5) is 11.4 Å². The highest BCUT2D eigenvalue weighted by Crippen LogP contribution is 2.36. The second-order valence-electron chi connectivity index (χ2n) is 4.40. The van der Waals surface area contributed by atoms with Crippen LogP contribution in [0.1, 0.15) is 13.8 Å². The fraction of sp³-hybridized carbons (Fsp3) is 0.538. The van der Waals surface area contributed by atoms with Gasteiger partial charge in [0.15, 0.2) is 0 Å². The third-order valence-corrected chi connectivity index (χ3v) is 4.79. The number of hydrogen-bond acceptors (Lipinski definition) is 4. The molecule has 3 nitrogen and oxygen atoms in total. The molecule has 1 saturated heterocycles. The van der Waals surface area contributed by atoms with Crippen LogP contribution in [0, 0.1) is 0 Å². The van der Waals surface area contributed by atoms with Gasteiger partial charge in [-0.05, 0) is 19.1 Å². The second kappa shape index (κ2) is 5.08. The highest BCUT2D eigenvalue weighted by atomic mass is 32.2. The molecule has 17 heavy (non-hydrogen) atoms. The zero-order valence-corrected chi connectivity index (χ0v) is 11.5. The lowest BCUT2D eigenvalue weighted by Crippen LogP contribution is -2.45. The van der Waals surface area contributed by atoms with E-state index >= 15 is 0 Å². The second-order valence-corrected chi connectivity index (χ2v) is 5.89. The summed E-state index contributed by atoms with van der Waals surface area (Å²) < 4.78 is 5.28. The predicted molar refractivity (Wildman–Crippen MR) is 76.1 cm³/mol. The molecular weight excluding hydrogens is 232 g/mol. The number of ether oxygens (including phenoxy) is 1. The molecule has 1 heterocycles. The first-order valence-electron chi connectivity index (χ1n) is 5.96. The van der Waals surface area contributed by atoms with Gasteiger partial charge in [0.25, 0.3) is 0 Å². The summed E-state index contributed by atoms with van der Waals surface area (Å²) >= 11 is 2.03. The van der Waals surface area contributed by atoms with E-state index in [0.29, 0.717) is 11.3 Å². The molecule has 94 valence electrons. The lowest BCUT2D eigenvalue weighted by molar-refractivity contribution is 0.417. The van der Waals surface area contributed by atoms with Gasteiger partial charge in [0.05, 0.1) is 18.5 Å². The van der Waals surface area contributed by atoms with Crippen LogP contribution in [-0.2, 0) is 0 Å². The van der Waals surface area contributed by atoms with Crippen LogP contribution < -0.4 is 15.4 Å². The van der Waals surface area contributed by atoms with Crippen molar-refractivity contribution in [1.29, 1.82) is 0 Å². The van der Waals surface area contributed by atoms with Gasteiger partial charge >= 0.3 is 0 Å². The van der Waals surface area contributed by atoms with Crippen LogP contribution in [0.2, 0.25) is 0 Å². The molecule has 2 atom stereocenters. The molecular formula is C13H20N2OS. The maximum absolute atomic E-state index is 6.16. The Hall–Kier alpha value is -1.03. The van der Waals surface area contributed by atoms with E-state index in [2.05, 4.69) is 24.8 Å². The molecule has 1 aromatic carbocycles. The first-order valence-corrected chi connectivity index (χ1v) is 7.00. The fourth-order valence-corrected chi connectivity index (χ4v) is 3.33. The quantitative estimate of drug-likeness (QED) is 0.821. The number of hydrogen-bond donors (Lipinski definition) is 1. The van der Waals surface area contributed by atoms with E-state index in [1.54, 1.807) is 7.11 Å². The molecule has 0 spiro atoms. The van der Waals surface area contributed by atoms with Gasteiger partial charge < -0.3 is 15.4 Å². The summed E-state index contributed by atoms with van der Waals surface area (Å²) in [5.74, 6) is 1.92. The lowest BCUT2D eigenvalue weighted by Gasteiger charge is -2.39. The van der Waals surface area contributed by atoms with Crippen LogP contribution in [0.25, 0.3) is 0 Å². The zero-order valence-electron chi connectivity index (χ0n) is 10.6. The van der Waals surface area contributed by atoms with Crippen molar-refractivity contribution < 1.29 is 4.74 Å². The number of thioether (sulfide) groups is 1. The van der Waals surface area contributed by atoms with Crippen molar-refractivity contribution in [2.45, 2.75) is 25.1 Å². The minimum Gasteiger partial charge on any atom is -0.495 e. The molecule has 2 rings (SSSR count). The van der Waals surface area contributed by atoms with Crippen molar-refractivity contribution in [3.63, 3.8) is 0 Å². The van der Waals surface area contributed by atoms with Crippen LogP contribution in [0.5, 0.6) is 5.75 Å². The summed E-state index contributed by atoms with van der Waals surface area (Å²) in [5.41, 5.74) is 8.01. The Bertz CT molecular complexity index is 397. The van der Waals surface area contributed by atoms with Crippen molar-refractivity contribution >= 4 is 23.1 Å². The summed E-state index contributed by atoms with van der Waals surface area (Å²) in [5, 5.41) is 0.634. The molecule has 1 fully saturated rings. The first kappa shape index (κ1) is 12.4. The maximum Gasteiger partial charge on any atom is 0.143 e. The predicted octanol–water partition coefficient (Wildman–Crippen LogP) is 2.61. The summed E-state index contributed by atoms with van der Waals surface area (Å²) in [6.45, 7) is 5.58. The maximum atomic E-state index is 6.16.